The first kappa shape index (κ1) is 12.0. The average molecular weight is 253 g/mol. The number of carbonyl (C=O) groups is 2. The summed E-state index contributed by atoms with van der Waals surface area (Å²) in [7, 11) is 0. The van der Waals surface area contributed by atoms with Crippen LogP contribution in [0.1, 0.15) is 26.2 Å². The van der Waals surface area contributed by atoms with Gasteiger partial charge in [0.25, 0.3) is 0 Å². The lowest BCUT2D eigenvalue weighted by Crippen LogP contribution is -2.52. The lowest BCUT2D eigenvalue weighted by molar-refractivity contribution is -0.167. The largest absolute Gasteiger partial charge is 0.479 e. The smallest absolute Gasteiger partial charge is 0.334 e. The molecule has 3 fully saturated rings. The molecule has 100 valence electrons. The quantitative estimate of drug-likeness (QED) is 0.788. The van der Waals surface area contributed by atoms with Gasteiger partial charge in [0, 0.05) is 12.5 Å². The SMILES string of the molecule is C[C@@H]1CN(C(=O)C2C3CCCC32)CC(C(=O)O)O1. The van der Waals surface area contributed by atoms with E-state index < -0.39 is 12.1 Å². The molecule has 0 radical (unpaired) electrons. The molecule has 1 saturated heterocycles. The van der Waals surface area contributed by atoms with Gasteiger partial charge in [0.1, 0.15) is 0 Å². The second-order valence-corrected chi connectivity index (χ2v) is 5.80. The summed E-state index contributed by atoms with van der Waals surface area (Å²) < 4.78 is 5.33. The molecule has 2 aliphatic carbocycles. The molecule has 0 aromatic rings. The summed E-state index contributed by atoms with van der Waals surface area (Å²) in [5.74, 6) is 0.526. The molecule has 3 rings (SSSR count). The molecule has 1 amide bonds. The van der Waals surface area contributed by atoms with Gasteiger partial charge in [-0.25, -0.2) is 4.79 Å². The standard InChI is InChI=1S/C13H19NO4/c1-7-5-14(6-10(18-7)13(16)17)12(15)11-8-3-2-4-9(8)11/h7-11H,2-6H2,1H3,(H,16,17)/t7-,8?,9?,10?,11?/m1/s1. The first-order valence-electron chi connectivity index (χ1n) is 6.75. The van der Waals surface area contributed by atoms with Crippen molar-refractivity contribution in [2.45, 2.75) is 38.4 Å². The van der Waals surface area contributed by atoms with Gasteiger partial charge in [0.2, 0.25) is 5.91 Å². The summed E-state index contributed by atoms with van der Waals surface area (Å²) in [6, 6.07) is 0. The van der Waals surface area contributed by atoms with Crippen LogP contribution >= 0.6 is 0 Å². The highest BCUT2D eigenvalue weighted by molar-refractivity contribution is 5.83. The Kier molecular flexibility index (Phi) is 2.81. The van der Waals surface area contributed by atoms with E-state index in [4.69, 9.17) is 9.84 Å². The van der Waals surface area contributed by atoms with E-state index in [9.17, 15) is 9.59 Å². The van der Waals surface area contributed by atoms with Gasteiger partial charge >= 0.3 is 5.97 Å². The van der Waals surface area contributed by atoms with E-state index >= 15 is 0 Å². The second-order valence-electron chi connectivity index (χ2n) is 5.80. The van der Waals surface area contributed by atoms with Crippen LogP contribution in [0.5, 0.6) is 0 Å². The number of carbonyl (C=O) groups excluding carboxylic acids is 1. The summed E-state index contributed by atoms with van der Waals surface area (Å²) >= 11 is 0. The van der Waals surface area contributed by atoms with E-state index in [2.05, 4.69) is 0 Å². The van der Waals surface area contributed by atoms with Gasteiger partial charge in [0.15, 0.2) is 6.10 Å². The summed E-state index contributed by atoms with van der Waals surface area (Å²) in [6.45, 7) is 2.55. The molecule has 1 aliphatic heterocycles. The maximum absolute atomic E-state index is 12.4. The predicted molar refractivity (Wildman–Crippen MR) is 62.9 cm³/mol. The maximum atomic E-state index is 12.4. The van der Waals surface area contributed by atoms with Crippen LogP contribution in [0, 0.1) is 17.8 Å². The molecule has 0 aromatic carbocycles. The van der Waals surface area contributed by atoms with Crippen molar-refractivity contribution in [3.05, 3.63) is 0 Å². The van der Waals surface area contributed by atoms with Gasteiger partial charge in [-0.1, -0.05) is 6.42 Å². The molecular weight excluding hydrogens is 234 g/mol. The Bertz CT molecular complexity index is 373. The first-order chi connectivity index (χ1) is 8.58. The maximum Gasteiger partial charge on any atom is 0.334 e. The van der Waals surface area contributed by atoms with E-state index in [1.165, 1.54) is 19.3 Å². The van der Waals surface area contributed by atoms with Crippen LogP contribution < -0.4 is 0 Å². The summed E-state index contributed by atoms with van der Waals surface area (Å²) in [5.41, 5.74) is 0. The third-order valence-corrected chi connectivity index (χ3v) is 4.54. The molecule has 0 aromatic heterocycles. The molecule has 0 spiro atoms. The van der Waals surface area contributed by atoms with E-state index in [1.54, 1.807) is 4.90 Å². The second kappa shape index (κ2) is 4.23. The minimum atomic E-state index is -0.977. The number of hydrogen-bond acceptors (Lipinski definition) is 3. The van der Waals surface area contributed by atoms with Gasteiger partial charge < -0.3 is 14.7 Å². The number of carboxylic acid groups (broad SMARTS) is 1. The topological polar surface area (TPSA) is 66.8 Å². The molecule has 5 nitrogen and oxygen atoms in total. The van der Waals surface area contributed by atoms with E-state index in [1.807, 2.05) is 6.92 Å². The number of amides is 1. The number of morpholine rings is 1. The third-order valence-electron chi connectivity index (χ3n) is 4.54. The molecule has 1 heterocycles. The number of rotatable bonds is 2. The molecule has 4 atom stereocenters. The number of nitrogens with zero attached hydrogens (tertiary/aromatic N) is 1. The first-order valence-corrected chi connectivity index (χ1v) is 6.75. The minimum absolute atomic E-state index is 0.158. The minimum Gasteiger partial charge on any atom is -0.479 e. The fraction of sp³-hybridized carbons (Fsp3) is 0.846. The van der Waals surface area contributed by atoms with Crippen LogP contribution in [-0.2, 0) is 14.3 Å². The number of aliphatic carboxylic acids is 1. The molecule has 0 bridgehead atoms. The van der Waals surface area contributed by atoms with Gasteiger partial charge in [-0.2, -0.15) is 0 Å². The van der Waals surface area contributed by atoms with Crippen molar-refractivity contribution < 1.29 is 19.4 Å². The zero-order valence-corrected chi connectivity index (χ0v) is 10.5. The van der Waals surface area contributed by atoms with E-state index in [-0.39, 0.29) is 24.5 Å². The third kappa shape index (κ3) is 1.90. The van der Waals surface area contributed by atoms with Gasteiger partial charge in [0.05, 0.1) is 12.6 Å². The van der Waals surface area contributed by atoms with E-state index in [0.717, 1.165) is 0 Å². The van der Waals surface area contributed by atoms with Crippen molar-refractivity contribution in [1.29, 1.82) is 0 Å². The Morgan fingerprint density at radius 3 is 2.50 bits per heavy atom. The lowest BCUT2D eigenvalue weighted by Gasteiger charge is -2.35. The van der Waals surface area contributed by atoms with Crippen molar-refractivity contribution in [2.24, 2.45) is 17.8 Å². The molecular formula is C13H19NO4. The fourth-order valence-corrected chi connectivity index (χ4v) is 3.67. The molecule has 18 heavy (non-hydrogen) atoms. The highest BCUT2D eigenvalue weighted by Crippen LogP contribution is 2.58. The monoisotopic (exact) mass is 253 g/mol. The Labute approximate surface area is 106 Å². The van der Waals surface area contributed by atoms with Gasteiger partial charge in [-0.3, -0.25) is 4.79 Å². The Hall–Kier alpha value is -1.10. The van der Waals surface area contributed by atoms with Crippen molar-refractivity contribution >= 4 is 11.9 Å². The van der Waals surface area contributed by atoms with Crippen molar-refractivity contribution in [1.82, 2.24) is 4.90 Å². The zero-order chi connectivity index (χ0) is 12.9. The van der Waals surface area contributed by atoms with Gasteiger partial charge in [-0.05, 0) is 31.6 Å². The van der Waals surface area contributed by atoms with Crippen molar-refractivity contribution in [3.8, 4) is 0 Å². The Balaban J connectivity index is 1.64. The summed E-state index contributed by atoms with van der Waals surface area (Å²) in [5, 5.41) is 9.01. The molecule has 3 unspecified atom stereocenters. The lowest BCUT2D eigenvalue weighted by atomic mass is 10.1. The van der Waals surface area contributed by atoms with Crippen LogP contribution in [0.2, 0.25) is 0 Å². The normalized spacial score (nSPS) is 42.5. The molecule has 3 aliphatic rings. The number of fused-ring (bicyclic) bond motifs is 1. The Morgan fingerprint density at radius 1 is 1.22 bits per heavy atom. The number of hydrogen-bond donors (Lipinski definition) is 1. The van der Waals surface area contributed by atoms with Gasteiger partial charge in [-0.15, -0.1) is 0 Å². The van der Waals surface area contributed by atoms with Crippen LogP contribution in [-0.4, -0.2) is 47.2 Å². The summed E-state index contributed by atoms with van der Waals surface area (Å²) in [4.78, 5) is 25.1. The number of carboxylic acids is 1. The zero-order valence-electron chi connectivity index (χ0n) is 10.5. The fourth-order valence-electron chi connectivity index (χ4n) is 3.67. The highest BCUT2D eigenvalue weighted by Gasteiger charge is 2.57. The average Bonchev–Trinajstić information content (AvgIpc) is 2.80. The van der Waals surface area contributed by atoms with Crippen LogP contribution in [0.3, 0.4) is 0 Å². The van der Waals surface area contributed by atoms with Crippen molar-refractivity contribution in [3.63, 3.8) is 0 Å². The van der Waals surface area contributed by atoms with Crippen LogP contribution in [0.25, 0.3) is 0 Å². The number of ether oxygens (including phenoxy) is 1. The predicted octanol–water partition coefficient (Wildman–Crippen LogP) is 0.733. The molecule has 5 heteroatoms. The van der Waals surface area contributed by atoms with Crippen LogP contribution in [0.15, 0.2) is 0 Å². The summed E-state index contributed by atoms with van der Waals surface area (Å²) in [6.07, 6.45) is 2.53. The molecule has 1 N–H and O–H groups in total. The van der Waals surface area contributed by atoms with Crippen molar-refractivity contribution in [2.75, 3.05) is 13.1 Å². The highest BCUT2D eigenvalue weighted by atomic mass is 16.5. The molecule has 2 saturated carbocycles. The Morgan fingerprint density at radius 2 is 1.89 bits per heavy atom. The van der Waals surface area contributed by atoms with Crippen LogP contribution in [0.4, 0.5) is 0 Å². The van der Waals surface area contributed by atoms with E-state index in [0.29, 0.717) is 18.4 Å².